The summed E-state index contributed by atoms with van der Waals surface area (Å²) in [6.45, 7) is 1.97. The van der Waals surface area contributed by atoms with Crippen LogP contribution in [0.2, 0.25) is 0 Å². The number of piperidine rings is 1. The molecule has 2 aromatic rings. The van der Waals surface area contributed by atoms with E-state index in [1.807, 2.05) is 41.8 Å². The standard InChI is InChI=1S/C20H22N2O4S/c23-19(21-11-15-13-25-16-6-1-2-7-17(16)26-15)14-5-3-9-22(12-14)20(24)18-8-4-10-27-18/h1-2,4,6-8,10,14-15H,3,5,9,11-13H2,(H,21,23)/t14-,15-/m0/s1. The number of ether oxygens (including phenoxy) is 2. The maximum atomic E-state index is 12.6. The second-order valence-corrected chi connectivity index (χ2v) is 7.76. The number of fused-ring (bicyclic) bond motifs is 1. The van der Waals surface area contributed by atoms with Gasteiger partial charge in [0.1, 0.15) is 12.7 Å². The van der Waals surface area contributed by atoms with Gasteiger partial charge in [-0.15, -0.1) is 11.3 Å². The number of hydrogen-bond acceptors (Lipinski definition) is 5. The highest BCUT2D eigenvalue weighted by molar-refractivity contribution is 7.12. The van der Waals surface area contributed by atoms with E-state index >= 15 is 0 Å². The van der Waals surface area contributed by atoms with Gasteiger partial charge in [-0.05, 0) is 36.4 Å². The van der Waals surface area contributed by atoms with Gasteiger partial charge in [-0.3, -0.25) is 9.59 Å². The van der Waals surface area contributed by atoms with E-state index in [2.05, 4.69) is 5.32 Å². The first kappa shape index (κ1) is 17.9. The molecule has 6 nitrogen and oxygen atoms in total. The van der Waals surface area contributed by atoms with E-state index in [9.17, 15) is 9.59 Å². The SMILES string of the molecule is O=C(NC[C@H]1COc2ccccc2O1)[C@H]1CCCN(C(=O)c2cccs2)C1. The quantitative estimate of drug-likeness (QED) is 0.877. The second kappa shape index (κ2) is 8.00. The molecule has 1 N–H and O–H groups in total. The molecule has 1 aromatic carbocycles. The fourth-order valence-electron chi connectivity index (χ4n) is 3.45. The monoisotopic (exact) mass is 386 g/mol. The van der Waals surface area contributed by atoms with E-state index in [-0.39, 0.29) is 23.8 Å². The summed E-state index contributed by atoms with van der Waals surface area (Å²) in [5, 5.41) is 4.86. The Kier molecular flexibility index (Phi) is 5.29. The predicted molar refractivity (Wildman–Crippen MR) is 102 cm³/mol. The van der Waals surface area contributed by atoms with E-state index in [1.165, 1.54) is 11.3 Å². The predicted octanol–water partition coefficient (Wildman–Crippen LogP) is 2.56. The largest absolute Gasteiger partial charge is 0.486 e. The van der Waals surface area contributed by atoms with Crippen LogP contribution in [0.3, 0.4) is 0 Å². The summed E-state index contributed by atoms with van der Waals surface area (Å²) in [6, 6.07) is 11.2. The lowest BCUT2D eigenvalue weighted by Crippen LogP contribution is -2.48. The van der Waals surface area contributed by atoms with E-state index in [0.29, 0.717) is 32.0 Å². The molecule has 0 bridgehead atoms. The summed E-state index contributed by atoms with van der Waals surface area (Å²) >= 11 is 1.44. The van der Waals surface area contributed by atoms with Gasteiger partial charge in [0.05, 0.1) is 17.3 Å². The molecule has 0 saturated carbocycles. The summed E-state index contributed by atoms with van der Waals surface area (Å²) in [7, 11) is 0. The van der Waals surface area contributed by atoms with E-state index in [1.54, 1.807) is 4.90 Å². The van der Waals surface area contributed by atoms with Gasteiger partial charge in [0.2, 0.25) is 5.91 Å². The first-order valence-corrected chi connectivity index (χ1v) is 10.1. The van der Waals surface area contributed by atoms with Crippen molar-refractivity contribution in [3.05, 3.63) is 46.7 Å². The molecule has 3 heterocycles. The third-order valence-corrected chi connectivity index (χ3v) is 5.74. The molecule has 0 radical (unpaired) electrons. The smallest absolute Gasteiger partial charge is 0.263 e. The molecule has 1 fully saturated rings. The van der Waals surface area contributed by atoms with Crippen molar-refractivity contribution in [2.45, 2.75) is 18.9 Å². The van der Waals surface area contributed by atoms with Crippen LogP contribution in [0.15, 0.2) is 41.8 Å². The van der Waals surface area contributed by atoms with Crippen molar-refractivity contribution in [3.8, 4) is 11.5 Å². The molecule has 4 rings (SSSR count). The van der Waals surface area contributed by atoms with E-state index < -0.39 is 0 Å². The maximum Gasteiger partial charge on any atom is 0.263 e. The number of nitrogens with zero attached hydrogens (tertiary/aromatic N) is 1. The Morgan fingerprint density at radius 1 is 1.19 bits per heavy atom. The third kappa shape index (κ3) is 4.08. The van der Waals surface area contributed by atoms with Crippen molar-refractivity contribution >= 4 is 23.2 Å². The molecule has 2 aliphatic heterocycles. The highest BCUT2D eigenvalue weighted by Gasteiger charge is 2.30. The molecule has 142 valence electrons. The van der Waals surface area contributed by atoms with Gasteiger partial charge in [0, 0.05) is 13.1 Å². The number of para-hydroxylation sites is 2. The summed E-state index contributed by atoms with van der Waals surface area (Å²) in [4.78, 5) is 27.6. The highest BCUT2D eigenvalue weighted by Crippen LogP contribution is 2.30. The van der Waals surface area contributed by atoms with Gasteiger partial charge in [-0.25, -0.2) is 0 Å². The molecule has 27 heavy (non-hydrogen) atoms. The molecule has 2 aliphatic rings. The lowest BCUT2D eigenvalue weighted by molar-refractivity contribution is -0.126. The van der Waals surface area contributed by atoms with E-state index in [4.69, 9.17) is 9.47 Å². The van der Waals surface area contributed by atoms with Gasteiger partial charge in [-0.1, -0.05) is 18.2 Å². The average Bonchev–Trinajstić information content (AvgIpc) is 3.26. The van der Waals surface area contributed by atoms with Gasteiger partial charge >= 0.3 is 0 Å². The molecule has 7 heteroatoms. The van der Waals surface area contributed by atoms with Crippen LogP contribution in [-0.2, 0) is 4.79 Å². The minimum absolute atomic E-state index is 0.0168. The Bertz CT molecular complexity index is 808. The van der Waals surface area contributed by atoms with Crippen LogP contribution in [0.25, 0.3) is 0 Å². The second-order valence-electron chi connectivity index (χ2n) is 6.81. The van der Waals surface area contributed by atoms with Crippen molar-refractivity contribution in [2.24, 2.45) is 5.92 Å². The summed E-state index contributed by atoms with van der Waals surface area (Å²) in [6.07, 6.45) is 1.42. The fraction of sp³-hybridized carbons (Fsp3) is 0.400. The third-order valence-electron chi connectivity index (χ3n) is 4.88. The maximum absolute atomic E-state index is 12.6. The Balaban J connectivity index is 1.29. The first-order valence-electron chi connectivity index (χ1n) is 9.19. The van der Waals surface area contributed by atoms with Crippen LogP contribution in [0.5, 0.6) is 11.5 Å². The minimum atomic E-state index is -0.212. The minimum Gasteiger partial charge on any atom is -0.486 e. The van der Waals surface area contributed by atoms with Crippen LogP contribution >= 0.6 is 11.3 Å². The van der Waals surface area contributed by atoms with Gasteiger partial charge in [0.15, 0.2) is 11.5 Å². The average molecular weight is 386 g/mol. The Hall–Kier alpha value is -2.54. The number of carbonyl (C=O) groups excluding carboxylic acids is 2. The zero-order chi connectivity index (χ0) is 18.6. The molecule has 0 spiro atoms. The van der Waals surface area contributed by atoms with Crippen LogP contribution in [-0.4, -0.2) is 49.1 Å². The lowest BCUT2D eigenvalue weighted by Gasteiger charge is -2.32. The van der Waals surface area contributed by atoms with E-state index in [0.717, 1.165) is 23.5 Å². The Morgan fingerprint density at radius 2 is 2.04 bits per heavy atom. The molecular formula is C20H22N2O4S. The molecule has 1 saturated heterocycles. The zero-order valence-electron chi connectivity index (χ0n) is 14.9. The number of rotatable bonds is 4. The lowest BCUT2D eigenvalue weighted by atomic mass is 9.97. The fourth-order valence-corrected chi connectivity index (χ4v) is 4.14. The molecule has 0 aliphatic carbocycles. The highest BCUT2D eigenvalue weighted by atomic mass is 32.1. The number of benzene rings is 1. The van der Waals surface area contributed by atoms with Crippen molar-refractivity contribution in [1.82, 2.24) is 10.2 Å². The number of amides is 2. The molecule has 1 aromatic heterocycles. The van der Waals surface area contributed by atoms with Gasteiger partial charge in [0.25, 0.3) is 5.91 Å². The van der Waals surface area contributed by atoms with Gasteiger partial charge in [-0.2, -0.15) is 0 Å². The number of carbonyl (C=O) groups is 2. The first-order chi connectivity index (χ1) is 13.2. The van der Waals surface area contributed by atoms with Crippen molar-refractivity contribution in [3.63, 3.8) is 0 Å². The normalized spacial score (nSPS) is 21.6. The number of thiophene rings is 1. The van der Waals surface area contributed by atoms with Crippen molar-refractivity contribution in [1.29, 1.82) is 0 Å². The van der Waals surface area contributed by atoms with Crippen LogP contribution in [0.4, 0.5) is 0 Å². The van der Waals surface area contributed by atoms with Gasteiger partial charge < -0.3 is 19.7 Å². The number of nitrogens with one attached hydrogen (secondary N) is 1. The Morgan fingerprint density at radius 3 is 2.85 bits per heavy atom. The molecule has 2 amide bonds. The molecule has 0 unspecified atom stereocenters. The zero-order valence-corrected chi connectivity index (χ0v) is 15.7. The van der Waals surface area contributed by atoms with Crippen LogP contribution in [0, 0.1) is 5.92 Å². The topological polar surface area (TPSA) is 67.9 Å². The molecular weight excluding hydrogens is 364 g/mol. The summed E-state index contributed by atoms with van der Waals surface area (Å²) in [5.74, 6) is 1.24. The number of likely N-dealkylation sites (tertiary alicyclic amines) is 1. The number of hydrogen-bond donors (Lipinski definition) is 1. The Labute approximate surface area is 162 Å². The summed E-state index contributed by atoms with van der Waals surface area (Å²) < 4.78 is 11.6. The van der Waals surface area contributed by atoms with Crippen molar-refractivity contribution in [2.75, 3.05) is 26.2 Å². The molecule has 2 atom stereocenters. The van der Waals surface area contributed by atoms with Crippen LogP contribution in [0.1, 0.15) is 22.5 Å². The van der Waals surface area contributed by atoms with Crippen molar-refractivity contribution < 1.29 is 19.1 Å². The summed E-state index contributed by atoms with van der Waals surface area (Å²) in [5.41, 5.74) is 0. The van der Waals surface area contributed by atoms with Crippen LogP contribution < -0.4 is 14.8 Å².